The van der Waals surface area contributed by atoms with E-state index in [1.165, 1.54) is 11.8 Å². The van der Waals surface area contributed by atoms with Crippen molar-refractivity contribution >= 4 is 65.7 Å². The van der Waals surface area contributed by atoms with Crippen molar-refractivity contribution < 1.29 is 49.4 Å². The smallest absolute Gasteiger partial charge is 0.434 e. The third kappa shape index (κ3) is 23.0. The molecular weight excluding hydrogens is 839 g/mol. The van der Waals surface area contributed by atoms with E-state index in [1.54, 1.807) is 36.4 Å². The van der Waals surface area contributed by atoms with Crippen LogP contribution in [-0.4, -0.2) is 130 Å². The van der Waals surface area contributed by atoms with Gasteiger partial charge in [-0.3, -0.25) is 36.8 Å². The highest BCUT2D eigenvalue weighted by Gasteiger charge is 2.21. The number of benzene rings is 2. The predicted molar refractivity (Wildman–Crippen MR) is 248 cm³/mol. The molecule has 20 N–H and O–H groups in total. The lowest BCUT2D eigenvalue weighted by Gasteiger charge is -2.19. The van der Waals surface area contributed by atoms with Crippen LogP contribution < -0.4 is 79.9 Å². The van der Waals surface area contributed by atoms with Crippen LogP contribution in [0.1, 0.15) is 72.1 Å². The number of rotatable bonds is 34. The average Bonchev–Trinajstić information content (AvgIpc) is 3.23. The largest absolute Gasteiger partial charge is 0.489 e. The average molecular weight is 909 g/mol. The molecule has 346 valence electrons. The van der Waals surface area contributed by atoms with Crippen molar-refractivity contribution in [3.05, 3.63) is 47.5 Å². The summed E-state index contributed by atoms with van der Waals surface area (Å²) in [6.45, 7) is 4.18. The van der Waals surface area contributed by atoms with Crippen LogP contribution in [0.3, 0.4) is 0 Å². The fourth-order valence-electron chi connectivity index (χ4n) is 5.63. The Hall–Kier alpha value is -5.32. The van der Waals surface area contributed by atoms with E-state index in [0.29, 0.717) is 111 Å². The number of carboxylic acid groups (broad SMARTS) is 1. The molecule has 0 aliphatic carbocycles. The van der Waals surface area contributed by atoms with Gasteiger partial charge in [-0.1, -0.05) is 12.8 Å². The Labute approximate surface area is 374 Å². The first kappa shape index (κ1) is 52.8. The van der Waals surface area contributed by atoms with Gasteiger partial charge in [-0.2, -0.15) is 24.4 Å². The van der Waals surface area contributed by atoms with Crippen LogP contribution >= 0.6 is 24.4 Å². The number of carbonyl (C=O) groups excluding carboxylic acids is 2. The van der Waals surface area contributed by atoms with E-state index < -0.39 is 17.9 Å². The number of hydrogen-bond acceptors (Lipinski definition) is 11. The number of ether oxygens (including phenoxy) is 3. The zero-order valence-corrected chi connectivity index (χ0v) is 37.6. The van der Waals surface area contributed by atoms with Gasteiger partial charge in [-0.15, -0.1) is 0 Å². The fraction of sp³-hybridized carbons (Fsp3) is 0.550. The molecule has 20 nitrogen and oxygen atoms in total. The van der Waals surface area contributed by atoms with Gasteiger partial charge in [0.1, 0.15) is 6.04 Å². The second-order valence-corrected chi connectivity index (χ2v) is 15.5. The molecule has 22 heteroatoms. The first-order chi connectivity index (χ1) is 29.8. The fourth-order valence-corrected chi connectivity index (χ4v) is 6.36. The molecule has 0 spiro atoms. The van der Waals surface area contributed by atoms with Crippen LogP contribution in [0, 0.1) is 0 Å². The molecule has 2 aromatic rings. The number of nitrogens with one attached hydrogen (secondary N) is 6. The number of thiol groups is 1. The summed E-state index contributed by atoms with van der Waals surface area (Å²) in [6, 6.07) is 9.41. The standard InChI is InChI=1S/C40H67N13O7S2/c1-62-22-13-31(37(56)57)53-36(55)27-9-11-29(12-10-27)52-25-30(26-61)47-14-4-2-3-5-15-48-35(54)28-23-32(58-19-6-16-49-38(41)42)34(60-21-8-18-51-40(45)46)33(24-28)59-20-7-17-50-39(43)44/h9-12,23-24,30-31,47,52,61H,2-8,13-22,25-26H2,1H3,(H,48,54)(H,53,55)(H,56,57)(H4,41,42,49)(H4,43,44,50)(H4,45,46,51)/p+3/t30-,31+/m1/s1. The van der Waals surface area contributed by atoms with Gasteiger partial charge >= 0.3 is 17.9 Å². The summed E-state index contributed by atoms with van der Waals surface area (Å²) in [5, 5.41) is 21.9. The van der Waals surface area contributed by atoms with Gasteiger partial charge in [0.05, 0.1) is 32.9 Å². The van der Waals surface area contributed by atoms with Gasteiger partial charge in [-0.05, 0) is 74.2 Å². The topological polar surface area (TPSA) is 345 Å². The van der Waals surface area contributed by atoms with E-state index in [-0.39, 0.29) is 37.1 Å². The summed E-state index contributed by atoms with van der Waals surface area (Å²) in [5.74, 6) is 1.05. The number of anilines is 1. The Bertz CT molecular complexity index is 1680. The summed E-state index contributed by atoms with van der Waals surface area (Å²) in [6.07, 6.45) is 7.59. The Kier molecular flexibility index (Phi) is 26.8. The van der Waals surface area contributed by atoms with Crippen molar-refractivity contribution in [1.29, 1.82) is 0 Å². The Morgan fingerprint density at radius 3 is 2.05 bits per heavy atom. The molecule has 0 unspecified atom stereocenters. The highest BCUT2D eigenvalue weighted by molar-refractivity contribution is 7.98. The minimum Gasteiger partial charge on any atom is -0.489 e. The van der Waals surface area contributed by atoms with Crippen molar-refractivity contribution in [3.63, 3.8) is 0 Å². The lowest BCUT2D eigenvalue weighted by atomic mass is 10.1. The molecule has 2 rings (SSSR count). The number of nitrogens with zero attached hydrogens (tertiary/aromatic N) is 1. The highest BCUT2D eigenvalue weighted by Crippen LogP contribution is 2.39. The Balaban J connectivity index is 1.90. The molecule has 0 radical (unpaired) electrons. The van der Waals surface area contributed by atoms with Gasteiger partial charge in [0, 0.05) is 67.5 Å². The molecule has 0 fully saturated rings. The summed E-state index contributed by atoms with van der Waals surface area (Å²) < 4.78 is 18.4. The van der Waals surface area contributed by atoms with Gasteiger partial charge in [-0.25, -0.2) is 15.5 Å². The number of aliphatic imine (C=N–C) groups is 1. The highest BCUT2D eigenvalue weighted by atomic mass is 32.2. The second kappa shape index (κ2) is 31.5. The number of carboxylic acids is 1. The number of carbonyl (C=O) groups is 3. The van der Waals surface area contributed by atoms with Crippen LogP contribution in [-0.2, 0) is 4.79 Å². The van der Waals surface area contributed by atoms with E-state index in [4.69, 9.17) is 42.9 Å². The number of guanidine groups is 3. The van der Waals surface area contributed by atoms with E-state index in [9.17, 15) is 19.5 Å². The molecule has 0 aliphatic rings. The summed E-state index contributed by atoms with van der Waals surface area (Å²) >= 11 is 6.04. The number of quaternary nitrogens is 1. The van der Waals surface area contributed by atoms with Crippen molar-refractivity contribution in [3.8, 4) is 17.2 Å². The molecule has 2 amide bonds. The number of aliphatic carboxylic acids is 1. The maximum absolute atomic E-state index is 13.4. The van der Waals surface area contributed by atoms with Gasteiger partial charge in [0.2, 0.25) is 5.75 Å². The molecular formula is C40H70N13O7S2+3. The third-order valence-electron chi connectivity index (χ3n) is 8.92. The van der Waals surface area contributed by atoms with E-state index in [1.807, 2.05) is 6.26 Å². The first-order valence-electron chi connectivity index (χ1n) is 20.7. The number of thioether (sulfide) groups is 1. The SMILES string of the molecule is CSCC[C@H](NC(=O)c1ccc(NC[C@H](CS)NCCCCCCNC(=O)c2cc(OCCC[NH+]=C(N)N)c(OCCCN=C(N)N)c(OCCC[NH+]=C(N)[NH3+])c2)cc1)C(=O)O. The quantitative estimate of drug-likeness (QED) is 0.0140. The Morgan fingerprint density at radius 1 is 0.839 bits per heavy atom. The van der Waals surface area contributed by atoms with Crippen LogP contribution in [0.4, 0.5) is 5.69 Å². The number of nitrogens with two attached hydrogens (primary N) is 5. The Morgan fingerprint density at radius 2 is 1.47 bits per heavy atom. The van der Waals surface area contributed by atoms with E-state index in [2.05, 4.69) is 54.6 Å². The lowest BCUT2D eigenvalue weighted by Crippen LogP contribution is -2.88. The maximum atomic E-state index is 13.4. The van der Waals surface area contributed by atoms with Crippen LogP contribution in [0.15, 0.2) is 41.4 Å². The van der Waals surface area contributed by atoms with Gasteiger partial charge in [0.15, 0.2) is 17.5 Å². The number of unbranched alkanes of at least 4 members (excludes halogenated alkanes) is 3. The van der Waals surface area contributed by atoms with Crippen LogP contribution in [0.5, 0.6) is 17.2 Å². The van der Waals surface area contributed by atoms with Crippen molar-refractivity contribution in [2.24, 2.45) is 33.7 Å². The van der Waals surface area contributed by atoms with E-state index >= 15 is 0 Å². The summed E-state index contributed by atoms with van der Waals surface area (Å²) in [5.41, 5.74) is 32.8. The minimum atomic E-state index is -1.05. The molecule has 0 saturated carbocycles. The third-order valence-corrected chi connectivity index (χ3v) is 10.0. The first-order valence-corrected chi connectivity index (χ1v) is 22.8. The number of amides is 2. The molecule has 0 saturated heterocycles. The summed E-state index contributed by atoms with van der Waals surface area (Å²) in [4.78, 5) is 47.4. The summed E-state index contributed by atoms with van der Waals surface area (Å²) in [7, 11) is 0. The molecule has 0 aromatic heterocycles. The molecule has 2 atom stereocenters. The zero-order chi connectivity index (χ0) is 45.5. The second-order valence-electron chi connectivity index (χ2n) is 14.2. The molecule has 0 heterocycles. The minimum absolute atomic E-state index is 0.00467. The van der Waals surface area contributed by atoms with Crippen molar-refractivity contribution in [2.75, 3.05) is 82.2 Å². The zero-order valence-electron chi connectivity index (χ0n) is 35.8. The van der Waals surface area contributed by atoms with E-state index in [0.717, 1.165) is 37.9 Å². The lowest BCUT2D eigenvalue weighted by molar-refractivity contribution is -0.504. The van der Waals surface area contributed by atoms with Crippen molar-refractivity contribution in [2.45, 2.75) is 63.5 Å². The van der Waals surface area contributed by atoms with Crippen molar-refractivity contribution in [1.82, 2.24) is 16.0 Å². The molecule has 0 aliphatic heterocycles. The molecule has 62 heavy (non-hydrogen) atoms. The molecule has 2 aromatic carbocycles. The monoisotopic (exact) mass is 908 g/mol. The van der Waals surface area contributed by atoms with Gasteiger partial charge < -0.3 is 52.1 Å². The van der Waals surface area contributed by atoms with Crippen LogP contribution in [0.25, 0.3) is 0 Å². The number of hydrogen-bond donors (Lipinski definition) is 14. The van der Waals surface area contributed by atoms with Crippen LogP contribution in [0.2, 0.25) is 0 Å². The maximum Gasteiger partial charge on any atom is 0.434 e. The normalized spacial score (nSPS) is 12.1. The molecule has 0 bridgehead atoms. The predicted octanol–water partition coefficient (Wildman–Crippen LogP) is -3.52. The van der Waals surface area contributed by atoms with Gasteiger partial charge in [0.25, 0.3) is 11.8 Å².